The molecule has 0 bridgehead atoms. The van der Waals surface area contributed by atoms with E-state index in [1.807, 2.05) is 54.9 Å². The molecule has 0 saturated carbocycles. The van der Waals surface area contributed by atoms with Crippen molar-refractivity contribution in [2.75, 3.05) is 27.2 Å². The SMILES string of the molecule is CN(C)CCCN1C(=O)C(=O)C(=C(O)c2cn(C)c3ccccc23)[C@H]1c1ccco1. The van der Waals surface area contributed by atoms with Gasteiger partial charge < -0.3 is 23.9 Å². The second kappa shape index (κ2) is 7.84. The van der Waals surface area contributed by atoms with E-state index in [9.17, 15) is 14.7 Å². The molecule has 1 N–H and O–H groups in total. The third-order valence-electron chi connectivity index (χ3n) is 5.51. The molecule has 3 heterocycles. The summed E-state index contributed by atoms with van der Waals surface area (Å²) in [4.78, 5) is 29.4. The zero-order valence-corrected chi connectivity index (χ0v) is 17.3. The zero-order valence-electron chi connectivity index (χ0n) is 17.3. The van der Waals surface area contributed by atoms with Gasteiger partial charge in [0.05, 0.1) is 11.8 Å². The van der Waals surface area contributed by atoms with Gasteiger partial charge in [0, 0.05) is 36.3 Å². The number of hydrogen-bond acceptors (Lipinski definition) is 5. The lowest BCUT2D eigenvalue weighted by Crippen LogP contribution is -2.32. The maximum absolute atomic E-state index is 13.0. The quantitative estimate of drug-likeness (QED) is 0.386. The summed E-state index contributed by atoms with van der Waals surface area (Å²) in [5, 5.41) is 12.1. The number of fused-ring (bicyclic) bond motifs is 1. The van der Waals surface area contributed by atoms with Gasteiger partial charge in [-0.05, 0) is 45.3 Å². The normalized spacial score (nSPS) is 18.8. The number of aliphatic hydroxyl groups is 1. The Balaban J connectivity index is 1.83. The average Bonchev–Trinajstić information content (AvgIpc) is 3.42. The van der Waals surface area contributed by atoms with Gasteiger partial charge in [-0.15, -0.1) is 0 Å². The topological polar surface area (TPSA) is 78.9 Å². The van der Waals surface area contributed by atoms with Crippen LogP contribution in [-0.2, 0) is 16.6 Å². The van der Waals surface area contributed by atoms with Gasteiger partial charge in [-0.2, -0.15) is 0 Å². The highest BCUT2D eigenvalue weighted by Crippen LogP contribution is 2.40. The molecular weight excluding hydrogens is 382 g/mol. The van der Waals surface area contributed by atoms with Gasteiger partial charge in [0.15, 0.2) is 0 Å². The summed E-state index contributed by atoms with van der Waals surface area (Å²) in [7, 11) is 5.79. The second-order valence-electron chi connectivity index (χ2n) is 7.84. The number of Topliss-reactive ketones (excluding diaryl/α,β-unsaturated/α-hetero) is 1. The number of likely N-dealkylation sites (tertiary alicyclic amines) is 1. The molecule has 1 aliphatic heterocycles. The Hall–Kier alpha value is -3.32. The minimum absolute atomic E-state index is 0.0659. The van der Waals surface area contributed by atoms with Crippen molar-refractivity contribution in [2.24, 2.45) is 7.05 Å². The van der Waals surface area contributed by atoms with E-state index < -0.39 is 17.7 Å². The van der Waals surface area contributed by atoms with E-state index in [4.69, 9.17) is 4.42 Å². The number of aryl methyl sites for hydroxylation is 1. The molecule has 4 rings (SSSR count). The number of aromatic nitrogens is 1. The molecule has 7 heteroatoms. The molecule has 1 saturated heterocycles. The summed E-state index contributed by atoms with van der Waals surface area (Å²) in [6.45, 7) is 1.16. The van der Waals surface area contributed by atoms with E-state index in [0.29, 0.717) is 24.3 Å². The van der Waals surface area contributed by atoms with Crippen LogP contribution in [0, 0.1) is 0 Å². The number of carbonyl (C=O) groups excluding carboxylic acids is 2. The van der Waals surface area contributed by atoms with Crippen LogP contribution in [0.25, 0.3) is 16.7 Å². The van der Waals surface area contributed by atoms with Crippen LogP contribution < -0.4 is 0 Å². The molecule has 0 radical (unpaired) electrons. The lowest BCUT2D eigenvalue weighted by Gasteiger charge is -2.23. The van der Waals surface area contributed by atoms with Gasteiger partial charge >= 0.3 is 0 Å². The van der Waals surface area contributed by atoms with E-state index in [0.717, 1.165) is 17.4 Å². The van der Waals surface area contributed by atoms with Gasteiger partial charge in [0.2, 0.25) is 0 Å². The Morgan fingerprint density at radius 2 is 1.93 bits per heavy atom. The third kappa shape index (κ3) is 3.31. The molecule has 2 aromatic heterocycles. The highest BCUT2D eigenvalue weighted by Gasteiger charge is 2.47. The fourth-order valence-electron chi connectivity index (χ4n) is 4.09. The van der Waals surface area contributed by atoms with Crippen molar-refractivity contribution in [3.05, 3.63) is 65.8 Å². The molecule has 1 aromatic carbocycles. The van der Waals surface area contributed by atoms with Crippen LogP contribution in [0.3, 0.4) is 0 Å². The number of nitrogens with zero attached hydrogens (tertiary/aromatic N) is 3. The number of ketones is 1. The predicted octanol–water partition coefficient (Wildman–Crippen LogP) is 3.14. The highest BCUT2D eigenvalue weighted by atomic mass is 16.3. The molecule has 1 atom stereocenters. The van der Waals surface area contributed by atoms with Crippen LogP contribution in [0.2, 0.25) is 0 Å². The molecule has 0 unspecified atom stereocenters. The van der Waals surface area contributed by atoms with E-state index in [2.05, 4.69) is 0 Å². The van der Waals surface area contributed by atoms with Crippen molar-refractivity contribution in [3.8, 4) is 0 Å². The number of rotatable bonds is 6. The van der Waals surface area contributed by atoms with E-state index in [1.165, 1.54) is 11.2 Å². The fourth-order valence-corrected chi connectivity index (χ4v) is 4.09. The Morgan fingerprint density at radius 1 is 1.17 bits per heavy atom. The summed E-state index contributed by atoms with van der Waals surface area (Å²) in [5.74, 6) is -1.02. The van der Waals surface area contributed by atoms with Gasteiger partial charge in [-0.1, -0.05) is 18.2 Å². The van der Waals surface area contributed by atoms with Crippen molar-refractivity contribution in [3.63, 3.8) is 0 Å². The highest BCUT2D eigenvalue weighted by molar-refractivity contribution is 6.46. The Kier molecular flexibility index (Phi) is 5.22. The fraction of sp³-hybridized carbons (Fsp3) is 0.304. The number of furan rings is 1. The van der Waals surface area contributed by atoms with Crippen LogP contribution in [0.15, 0.2) is 58.8 Å². The number of benzene rings is 1. The summed E-state index contributed by atoms with van der Waals surface area (Å²) >= 11 is 0. The number of hydrogen-bond donors (Lipinski definition) is 1. The minimum atomic E-state index is -0.749. The molecule has 1 fully saturated rings. The number of carbonyl (C=O) groups is 2. The first kappa shape index (κ1) is 20.0. The standard InChI is InChI=1S/C23H25N3O4/c1-24(2)11-7-12-26-20(18-10-6-13-30-18)19(22(28)23(26)29)21(27)16-14-25(3)17-9-5-4-8-15(16)17/h4-6,8-10,13-14,20,27H,7,11-12H2,1-3H3/t20-/m1/s1. The van der Waals surface area contributed by atoms with Gasteiger partial charge in [-0.3, -0.25) is 9.59 Å². The lowest BCUT2D eigenvalue weighted by atomic mass is 9.99. The minimum Gasteiger partial charge on any atom is -0.507 e. The van der Waals surface area contributed by atoms with Crippen molar-refractivity contribution < 1.29 is 19.1 Å². The Morgan fingerprint density at radius 3 is 2.63 bits per heavy atom. The third-order valence-corrected chi connectivity index (χ3v) is 5.51. The van der Waals surface area contributed by atoms with Gasteiger partial charge in [-0.25, -0.2) is 0 Å². The molecule has 156 valence electrons. The number of aliphatic hydroxyl groups excluding tert-OH is 1. The second-order valence-corrected chi connectivity index (χ2v) is 7.84. The monoisotopic (exact) mass is 407 g/mol. The van der Waals surface area contributed by atoms with Crippen molar-refractivity contribution in [1.82, 2.24) is 14.4 Å². The molecule has 1 amide bonds. The maximum atomic E-state index is 13.0. The first-order valence-corrected chi connectivity index (χ1v) is 9.91. The molecule has 0 aliphatic carbocycles. The summed E-state index contributed by atoms with van der Waals surface area (Å²) < 4.78 is 7.46. The van der Waals surface area contributed by atoms with E-state index >= 15 is 0 Å². The van der Waals surface area contributed by atoms with Crippen LogP contribution >= 0.6 is 0 Å². The van der Waals surface area contributed by atoms with Crippen LogP contribution in [0.4, 0.5) is 0 Å². The van der Waals surface area contributed by atoms with E-state index in [-0.39, 0.29) is 11.3 Å². The largest absolute Gasteiger partial charge is 0.507 e. The van der Waals surface area contributed by atoms with E-state index in [1.54, 1.807) is 18.3 Å². The first-order chi connectivity index (χ1) is 14.4. The maximum Gasteiger partial charge on any atom is 0.295 e. The van der Waals surface area contributed by atoms with Crippen molar-refractivity contribution in [2.45, 2.75) is 12.5 Å². The molecular formula is C23H25N3O4. The van der Waals surface area contributed by atoms with Crippen molar-refractivity contribution >= 4 is 28.4 Å². The van der Waals surface area contributed by atoms with Crippen LogP contribution in [0.5, 0.6) is 0 Å². The summed E-state index contributed by atoms with van der Waals surface area (Å²) in [6.07, 6.45) is 3.98. The van der Waals surface area contributed by atoms with Gasteiger partial charge in [0.25, 0.3) is 11.7 Å². The summed E-state index contributed by atoms with van der Waals surface area (Å²) in [6, 6.07) is 10.3. The van der Waals surface area contributed by atoms with Crippen molar-refractivity contribution in [1.29, 1.82) is 0 Å². The Labute approximate surface area is 174 Å². The molecule has 3 aromatic rings. The Bertz CT molecular complexity index is 1120. The predicted molar refractivity (Wildman–Crippen MR) is 114 cm³/mol. The molecule has 30 heavy (non-hydrogen) atoms. The average molecular weight is 407 g/mol. The zero-order chi connectivity index (χ0) is 21.4. The molecule has 1 aliphatic rings. The summed E-state index contributed by atoms with van der Waals surface area (Å²) in [5.41, 5.74) is 1.51. The molecule has 7 nitrogen and oxygen atoms in total. The lowest BCUT2D eigenvalue weighted by molar-refractivity contribution is -0.140. The van der Waals surface area contributed by atoms with Crippen LogP contribution in [0.1, 0.15) is 23.8 Å². The number of amides is 1. The first-order valence-electron chi connectivity index (χ1n) is 9.91. The molecule has 0 spiro atoms. The smallest absolute Gasteiger partial charge is 0.295 e. The number of para-hydroxylation sites is 1. The van der Waals surface area contributed by atoms with Crippen LogP contribution in [-0.4, -0.2) is 58.3 Å². The van der Waals surface area contributed by atoms with Gasteiger partial charge in [0.1, 0.15) is 17.6 Å².